The first kappa shape index (κ1) is 13.7. The van der Waals surface area contributed by atoms with Crippen LogP contribution < -0.4 is 5.73 Å². The number of nitrogens with two attached hydrogens (primary N) is 1. The molecule has 0 aliphatic carbocycles. The Kier molecular flexibility index (Phi) is 3.62. The molecule has 1 aromatic carbocycles. The number of benzene rings is 1. The fourth-order valence-corrected chi connectivity index (χ4v) is 1.69. The monoisotopic (exact) mass is 235 g/mol. The molecule has 0 aliphatic heterocycles. The first-order chi connectivity index (χ1) is 7.67. The van der Waals surface area contributed by atoms with E-state index >= 15 is 0 Å². The molecule has 0 aliphatic rings. The first-order valence-corrected chi connectivity index (χ1v) is 5.74. The highest BCUT2D eigenvalue weighted by molar-refractivity contribution is 5.80. The number of aryl methyl sites for hydroxylation is 1. The summed E-state index contributed by atoms with van der Waals surface area (Å²) in [6.45, 7) is 7.57. The third-order valence-corrected chi connectivity index (χ3v) is 3.32. The molecule has 17 heavy (non-hydrogen) atoms. The minimum atomic E-state index is -1.25. The van der Waals surface area contributed by atoms with Crippen molar-refractivity contribution >= 4 is 5.97 Å². The lowest BCUT2D eigenvalue weighted by Gasteiger charge is -2.37. The Morgan fingerprint density at radius 3 is 2.06 bits per heavy atom. The standard InChI is InChI=1S/C14H21NO2/c1-10-5-7-11(8-6-10)9-14(15,12(16)17)13(2,3)4/h5-8H,9,15H2,1-4H3,(H,16,17). The van der Waals surface area contributed by atoms with E-state index in [9.17, 15) is 9.90 Å². The van der Waals surface area contributed by atoms with Crippen molar-refractivity contribution in [3.05, 3.63) is 35.4 Å². The van der Waals surface area contributed by atoms with E-state index in [-0.39, 0.29) is 0 Å². The third-order valence-electron chi connectivity index (χ3n) is 3.32. The molecular formula is C14H21NO2. The maximum Gasteiger partial charge on any atom is 0.324 e. The van der Waals surface area contributed by atoms with Gasteiger partial charge in [0.1, 0.15) is 5.54 Å². The molecule has 0 saturated carbocycles. The Morgan fingerprint density at radius 1 is 1.24 bits per heavy atom. The van der Waals surface area contributed by atoms with Crippen molar-refractivity contribution in [2.24, 2.45) is 11.1 Å². The summed E-state index contributed by atoms with van der Waals surface area (Å²) < 4.78 is 0. The van der Waals surface area contributed by atoms with Gasteiger partial charge in [0, 0.05) is 6.42 Å². The van der Waals surface area contributed by atoms with Crippen LogP contribution in [0.3, 0.4) is 0 Å². The van der Waals surface area contributed by atoms with Crippen LogP contribution in [0.2, 0.25) is 0 Å². The predicted molar refractivity (Wildman–Crippen MR) is 68.9 cm³/mol. The van der Waals surface area contributed by atoms with E-state index in [1.807, 2.05) is 52.0 Å². The van der Waals surface area contributed by atoms with E-state index in [1.54, 1.807) is 0 Å². The lowest BCUT2D eigenvalue weighted by atomic mass is 9.71. The van der Waals surface area contributed by atoms with Gasteiger partial charge in [-0.05, 0) is 17.9 Å². The average Bonchev–Trinajstić information content (AvgIpc) is 2.19. The summed E-state index contributed by atoms with van der Waals surface area (Å²) in [5.41, 5.74) is 6.45. The number of hydrogen-bond donors (Lipinski definition) is 2. The van der Waals surface area contributed by atoms with Gasteiger partial charge in [0.25, 0.3) is 0 Å². The summed E-state index contributed by atoms with van der Waals surface area (Å²) in [7, 11) is 0. The second-order valence-corrected chi connectivity index (χ2v) is 5.69. The normalized spacial score (nSPS) is 15.4. The molecule has 1 rings (SSSR count). The second kappa shape index (κ2) is 4.49. The van der Waals surface area contributed by atoms with Gasteiger partial charge < -0.3 is 10.8 Å². The fraction of sp³-hybridized carbons (Fsp3) is 0.500. The van der Waals surface area contributed by atoms with Crippen LogP contribution in [-0.2, 0) is 11.2 Å². The van der Waals surface area contributed by atoms with Crippen molar-refractivity contribution in [1.29, 1.82) is 0 Å². The van der Waals surface area contributed by atoms with Gasteiger partial charge in [0.15, 0.2) is 0 Å². The number of carboxylic acid groups (broad SMARTS) is 1. The van der Waals surface area contributed by atoms with Gasteiger partial charge in [-0.3, -0.25) is 4.79 Å². The zero-order valence-electron chi connectivity index (χ0n) is 10.9. The molecule has 3 heteroatoms. The number of hydrogen-bond acceptors (Lipinski definition) is 2. The summed E-state index contributed by atoms with van der Waals surface area (Å²) >= 11 is 0. The van der Waals surface area contributed by atoms with Crippen LogP contribution in [0.5, 0.6) is 0 Å². The summed E-state index contributed by atoms with van der Waals surface area (Å²) in [4.78, 5) is 11.4. The number of carbonyl (C=O) groups is 1. The van der Waals surface area contributed by atoms with E-state index in [2.05, 4.69) is 0 Å². The van der Waals surface area contributed by atoms with Gasteiger partial charge in [-0.25, -0.2) is 0 Å². The molecule has 94 valence electrons. The van der Waals surface area contributed by atoms with Crippen molar-refractivity contribution in [1.82, 2.24) is 0 Å². The molecule has 0 heterocycles. The molecular weight excluding hydrogens is 214 g/mol. The first-order valence-electron chi connectivity index (χ1n) is 5.74. The molecule has 0 radical (unpaired) electrons. The Bertz CT molecular complexity index is 403. The minimum absolute atomic E-state index is 0.339. The number of rotatable bonds is 3. The highest BCUT2D eigenvalue weighted by atomic mass is 16.4. The molecule has 3 N–H and O–H groups in total. The van der Waals surface area contributed by atoms with Crippen LogP contribution in [0.1, 0.15) is 31.9 Å². The van der Waals surface area contributed by atoms with E-state index in [1.165, 1.54) is 0 Å². The fourth-order valence-electron chi connectivity index (χ4n) is 1.69. The van der Waals surface area contributed by atoms with Gasteiger partial charge in [-0.2, -0.15) is 0 Å². The van der Waals surface area contributed by atoms with Crippen LogP contribution in [0.4, 0.5) is 0 Å². The van der Waals surface area contributed by atoms with Crippen LogP contribution >= 0.6 is 0 Å². The molecule has 0 saturated heterocycles. The molecule has 3 nitrogen and oxygen atoms in total. The summed E-state index contributed by atoms with van der Waals surface area (Å²) in [5.74, 6) is -0.953. The van der Waals surface area contributed by atoms with Crippen LogP contribution in [-0.4, -0.2) is 16.6 Å². The van der Waals surface area contributed by atoms with Crippen molar-refractivity contribution in [2.45, 2.75) is 39.7 Å². The molecule has 0 bridgehead atoms. The van der Waals surface area contributed by atoms with Gasteiger partial charge in [0.2, 0.25) is 0 Å². The van der Waals surface area contributed by atoms with Crippen molar-refractivity contribution in [3.63, 3.8) is 0 Å². The molecule has 0 fully saturated rings. The number of aliphatic carboxylic acids is 1. The third kappa shape index (κ3) is 2.86. The molecule has 0 amide bonds. The smallest absolute Gasteiger partial charge is 0.324 e. The van der Waals surface area contributed by atoms with Crippen molar-refractivity contribution in [2.75, 3.05) is 0 Å². The van der Waals surface area contributed by atoms with Gasteiger partial charge in [-0.15, -0.1) is 0 Å². The summed E-state index contributed by atoms with van der Waals surface area (Å²) in [6.07, 6.45) is 0.339. The Hall–Kier alpha value is -1.35. The van der Waals surface area contributed by atoms with E-state index in [0.29, 0.717) is 6.42 Å². The predicted octanol–water partition coefficient (Wildman–Crippen LogP) is 2.37. The molecule has 1 unspecified atom stereocenters. The Labute approximate surface area is 103 Å². The topological polar surface area (TPSA) is 63.3 Å². The maximum atomic E-state index is 11.4. The highest BCUT2D eigenvalue weighted by Crippen LogP contribution is 2.31. The second-order valence-electron chi connectivity index (χ2n) is 5.69. The SMILES string of the molecule is Cc1ccc(CC(N)(C(=O)O)C(C)(C)C)cc1. The number of carboxylic acids is 1. The molecule has 0 aromatic heterocycles. The zero-order valence-corrected chi connectivity index (χ0v) is 10.9. The van der Waals surface area contributed by atoms with Gasteiger partial charge >= 0.3 is 5.97 Å². The summed E-state index contributed by atoms with van der Waals surface area (Å²) in [5, 5.41) is 9.36. The zero-order chi connectivity index (χ0) is 13.3. The molecule has 1 atom stereocenters. The van der Waals surface area contributed by atoms with Crippen molar-refractivity contribution in [3.8, 4) is 0 Å². The van der Waals surface area contributed by atoms with E-state index in [4.69, 9.17) is 5.73 Å². The highest BCUT2D eigenvalue weighted by Gasteiger charge is 2.45. The average molecular weight is 235 g/mol. The maximum absolute atomic E-state index is 11.4. The van der Waals surface area contributed by atoms with Crippen LogP contribution in [0.15, 0.2) is 24.3 Å². The van der Waals surface area contributed by atoms with Crippen LogP contribution in [0.25, 0.3) is 0 Å². The van der Waals surface area contributed by atoms with Crippen LogP contribution in [0, 0.1) is 12.3 Å². The lowest BCUT2D eigenvalue weighted by Crippen LogP contribution is -2.59. The van der Waals surface area contributed by atoms with Gasteiger partial charge in [0.05, 0.1) is 0 Å². The van der Waals surface area contributed by atoms with Crippen molar-refractivity contribution < 1.29 is 9.90 Å². The Balaban J connectivity index is 3.04. The van der Waals surface area contributed by atoms with E-state index in [0.717, 1.165) is 11.1 Å². The molecule has 0 spiro atoms. The van der Waals surface area contributed by atoms with E-state index < -0.39 is 16.9 Å². The largest absolute Gasteiger partial charge is 0.480 e. The minimum Gasteiger partial charge on any atom is -0.480 e. The Morgan fingerprint density at radius 2 is 1.71 bits per heavy atom. The summed E-state index contributed by atoms with van der Waals surface area (Å²) in [6, 6.07) is 7.82. The lowest BCUT2D eigenvalue weighted by molar-refractivity contribution is -0.147. The van der Waals surface area contributed by atoms with Gasteiger partial charge in [-0.1, -0.05) is 50.6 Å². The molecule has 1 aromatic rings. The quantitative estimate of drug-likeness (QED) is 0.845.